The van der Waals surface area contributed by atoms with E-state index in [1.165, 1.54) is 6.92 Å². The standard InChI is InChI=1S/C14H17N3O2/c1-4-17(11(3)18)10(2)14-15-13(16-19-14)12-8-6-5-7-9-12/h5-10H,4H2,1-3H3/t10-/m0/s1. The lowest BCUT2D eigenvalue weighted by Crippen LogP contribution is -2.31. The third-order valence-corrected chi connectivity index (χ3v) is 3.04. The first-order chi connectivity index (χ1) is 9.13. The number of rotatable bonds is 4. The van der Waals surface area contributed by atoms with E-state index in [1.807, 2.05) is 44.2 Å². The van der Waals surface area contributed by atoms with Gasteiger partial charge in [0.2, 0.25) is 17.6 Å². The van der Waals surface area contributed by atoms with Gasteiger partial charge in [0, 0.05) is 19.0 Å². The minimum atomic E-state index is -0.215. The Balaban J connectivity index is 2.24. The third kappa shape index (κ3) is 2.81. The first kappa shape index (κ1) is 13.3. The van der Waals surface area contributed by atoms with Crippen molar-refractivity contribution >= 4 is 5.91 Å². The Hall–Kier alpha value is -2.17. The maximum Gasteiger partial charge on any atom is 0.249 e. The van der Waals surface area contributed by atoms with E-state index in [-0.39, 0.29) is 11.9 Å². The first-order valence-electron chi connectivity index (χ1n) is 6.29. The fourth-order valence-corrected chi connectivity index (χ4v) is 2.01. The summed E-state index contributed by atoms with van der Waals surface area (Å²) in [6, 6.07) is 9.39. The molecule has 0 radical (unpaired) electrons. The fourth-order valence-electron chi connectivity index (χ4n) is 2.01. The van der Waals surface area contributed by atoms with Gasteiger partial charge in [-0.2, -0.15) is 4.98 Å². The van der Waals surface area contributed by atoms with Crippen LogP contribution in [0.4, 0.5) is 0 Å². The molecule has 1 aromatic heterocycles. The fraction of sp³-hybridized carbons (Fsp3) is 0.357. The molecule has 5 nitrogen and oxygen atoms in total. The number of amides is 1. The summed E-state index contributed by atoms with van der Waals surface area (Å²) in [6.45, 7) is 5.95. The summed E-state index contributed by atoms with van der Waals surface area (Å²) in [7, 11) is 0. The van der Waals surface area contributed by atoms with Gasteiger partial charge in [-0.25, -0.2) is 0 Å². The van der Waals surface area contributed by atoms with Crippen molar-refractivity contribution in [1.29, 1.82) is 0 Å². The van der Waals surface area contributed by atoms with Gasteiger partial charge in [0.05, 0.1) is 0 Å². The highest BCUT2D eigenvalue weighted by atomic mass is 16.5. The van der Waals surface area contributed by atoms with Crippen molar-refractivity contribution in [2.24, 2.45) is 0 Å². The zero-order valence-corrected chi connectivity index (χ0v) is 11.3. The minimum Gasteiger partial charge on any atom is -0.337 e. The monoisotopic (exact) mass is 259 g/mol. The molecule has 0 aliphatic rings. The first-order valence-corrected chi connectivity index (χ1v) is 6.29. The maximum absolute atomic E-state index is 11.5. The lowest BCUT2D eigenvalue weighted by molar-refractivity contribution is -0.131. The van der Waals surface area contributed by atoms with Gasteiger partial charge < -0.3 is 9.42 Å². The van der Waals surface area contributed by atoms with Crippen molar-refractivity contribution in [3.05, 3.63) is 36.2 Å². The highest BCUT2D eigenvalue weighted by Crippen LogP contribution is 2.22. The highest BCUT2D eigenvalue weighted by Gasteiger charge is 2.22. The van der Waals surface area contributed by atoms with Crippen LogP contribution in [0.25, 0.3) is 11.4 Å². The zero-order valence-electron chi connectivity index (χ0n) is 11.3. The molecule has 0 saturated heterocycles. The van der Waals surface area contributed by atoms with Crippen molar-refractivity contribution in [3.8, 4) is 11.4 Å². The quantitative estimate of drug-likeness (QED) is 0.847. The Morgan fingerprint density at radius 2 is 2.05 bits per heavy atom. The number of hydrogen-bond acceptors (Lipinski definition) is 4. The summed E-state index contributed by atoms with van der Waals surface area (Å²) in [5, 5.41) is 3.96. The molecule has 0 spiro atoms. The molecule has 0 saturated carbocycles. The molecule has 0 aliphatic carbocycles. The second kappa shape index (κ2) is 5.65. The van der Waals surface area contributed by atoms with Crippen molar-refractivity contribution in [1.82, 2.24) is 15.0 Å². The topological polar surface area (TPSA) is 59.2 Å². The SMILES string of the molecule is CCN(C(C)=O)[C@@H](C)c1nc(-c2ccccc2)no1. The van der Waals surface area contributed by atoms with Gasteiger partial charge in [0.25, 0.3) is 0 Å². The van der Waals surface area contributed by atoms with E-state index in [0.717, 1.165) is 5.56 Å². The molecule has 1 heterocycles. The number of aromatic nitrogens is 2. The van der Waals surface area contributed by atoms with E-state index in [4.69, 9.17) is 4.52 Å². The van der Waals surface area contributed by atoms with Crippen molar-refractivity contribution in [2.45, 2.75) is 26.8 Å². The molecule has 0 N–H and O–H groups in total. The molecule has 0 bridgehead atoms. The van der Waals surface area contributed by atoms with Crippen LogP contribution in [0.3, 0.4) is 0 Å². The second-order valence-electron chi connectivity index (χ2n) is 4.30. The molecule has 5 heteroatoms. The van der Waals surface area contributed by atoms with Crippen LogP contribution in [0.15, 0.2) is 34.9 Å². The van der Waals surface area contributed by atoms with Gasteiger partial charge in [0.1, 0.15) is 6.04 Å². The van der Waals surface area contributed by atoms with Crippen LogP contribution < -0.4 is 0 Å². The largest absolute Gasteiger partial charge is 0.337 e. The van der Waals surface area contributed by atoms with Crippen molar-refractivity contribution < 1.29 is 9.32 Å². The van der Waals surface area contributed by atoms with E-state index in [0.29, 0.717) is 18.3 Å². The normalized spacial score (nSPS) is 12.2. The summed E-state index contributed by atoms with van der Waals surface area (Å²) in [6.07, 6.45) is 0. The van der Waals surface area contributed by atoms with Crippen LogP contribution in [0.2, 0.25) is 0 Å². The molecule has 0 fully saturated rings. The minimum absolute atomic E-state index is 0.00513. The van der Waals surface area contributed by atoms with E-state index in [9.17, 15) is 4.79 Å². The van der Waals surface area contributed by atoms with Crippen LogP contribution in [0.5, 0.6) is 0 Å². The van der Waals surface area contributed by atoms with Gasteiger partial charge >= 0.3 is 0 Å². The third-order valence-electron chi connectivity index (χ3n) is 3.04. The Kier molecular flexibility index (Phi) is 3.94. The Labute approximate surface area is 112 Å². The summed E-state index contributed by atoms with van der Waals surface area (Å²) in [5.41, 5.74) is 0.899. The van der Waals surface area contributed by atoms with E-state index < -0.39 is 0 Å². The Bertz CT molecular complexity index is 551. The van der Waals surface area contributed by atoms with E-state index in [2.05, 4.69) is 10.1 Å². The average Bonchev–Trinajstić information content (AvgIpc) is 2.89. The molecule has 1 atom stereocenters. The van der Waals surface area contributed by atoms with Gasteiger partial charge in [-0.05, 0) is 13.8 Å². The lowest BCUT2D eigenvalue weighted by Gasteiger charge is -2.23. The number of benzene rings is 1. The molecule has 2 aromatic rings. The number of nitrogens with zero attached hydrogens (tertiary/aromatic N) is 3. The molecule has 19 heavy (non-hydrogen) atoms. The predicted octanol–water partition coefficient (Wildman–Crippen LogP) is 2.67. The van der Waals surface area contributed by atoms with Crippen LogP contribution in [0.1, 0.15) is 32.7 Å². The second-order valence-corrected chi connectivity index (χ2v) is 4.30. The maximum atomic E-state index is 11.5. The van der Waals surface area contributed by atoms with E-state index in [1.54, 1.807) is 4.90 Å². The molecular weight excluding hydrogens is 242 g/mol. The van der Waals surface area contributed by atoms with Crippen molar-refractivity contribution in [2.75, 3.05) is 6.54 Å². The summed E-state index contributed by atoms with van der Waals surface area (Å²) in [5.74, 6) is 0.993. The van der Waals surface area contributed by atoms with Gasteiger partial charge in [-0.1, -0.05) is 35.5 Å². The predicted molar refractivity (Wildman–Crippen MR) is 71.2 cm³/mol. The number of carbonyl (C=O) groups excluding carboxylic acids is 1. The van der Waals surface area contributed by atoms with E-state index >= 15 is 0 Å². The Morgan fingerprint density at radius 3 is 2.63 bits per heavy atom. The molecule has 100 valence electrons. The molecule has 2 rings (SSSR count). The van der Waals surface area contributed by atoms with Gasteiger partial charge in [0.15, 0.2) is 0 Å². The summed E-state index contributed by atoms with van der Waals surface area (Å²) in [4.78, 5) is 17.5. The van der Waals surface area contributed by atoms with Crippen molar-refractivity contribution in [3.63, 3.8) is 0 Å². The van der Waals surface area contributed by atoms with Crippen LogP contribution in [-0.4, -0.2) is 27.5 Å². The molecule has 0 unspecified atom stereocenters. The van der Waals surface area contributed by atoms with Gasteiger partial charge in [-0.3, -0.25) is 4.79 Å². The lowest BCUT2D eigenvalue weighted by atomic mass is 10.2. The summed E-state index contributed by atoms with van der Waals surface area (Å²) < 4.78 is 5.26. The average molecular weight is 259 g/mol. The molecule has 0 aliphatic heterocycles. The van der Waals surface area contributed by atoms with Crippen LogP contribution in [-0.2, 0) is 4.79 Å². The van der Waals surface area contributed by atoms with Gasteiger partial charge in [-0.15, -0.1) is 0 Å². The molecule has 1 amide bonds. The summed E-state index contributed by atoms with van der Waals surface area (Å²) >= 11 is 0. The highest BCUT2D eigenvalue weighted by molar-refractivity contribution is 5.73. The van der Waals surface area contributed by atoms with Crippen LogP contribution >= 0.6 is 0 Å². The van der Waals surface area contributed by atoms with Crippen LogP contribution in [0, 0.1) is 0 Å². The zero-order chi connectivity index (χ0) is 13.8. The smallest absolute Gasteiger partial charge is 0.249 e. The number of hydrogen-bond donors (Lipinski definition) is 0. The molecule has 1 aromatic carbocycles. The number of carbonyl (C=O) groups is 1. The molecular formula is C14H17N3O2. The Morgan fingerprint density at radius 1 is 1.37 bits per heavy atom.